The Bertz CT molecular complexity index is 2170. The molecule has 0 spiro atoms. The van der Waals surface area contributed by atoms with E-state index in [0.29, 0.717) is 0 Å². The first-order valence-corrected chi connectivity index (χ1v) is 15.6. The minimum Gasteiger partial charge on any atom is -0.311 e. The Kier molecular flexibility index (Phi) is 5.41. The molecule has 43 heavy (non-hydrogen) atoms. The van der Waals surface area contributed by atoms with E-state index < -0.39 is 0 Å². The SMILES string of the molecule is Cc1ccccc1N1c2cccc3c2B(c2ccccc2N3c2ccccc2)c2sc3ccc(-c4ccccc4)cc3c21. The molecule has 0 bridgehead atoms. The topological polar surface area (TPSA) is 6.48 Å². The Morgan fingerprint density at radius 1 is 0.535 bits per heavy atom. The molecule has 2 aliphatic rings. The van der Waals surface area contributed by atoms with Gasteiger partial charge in [0.25, 0.3) is 6.71 Å². The first kappa shape index (κ1) is 24.5. The molecule has 6 aromatic carbocycles. The first-order valence-electron chi connectivity index (χ1n) is 14.8. The van der Waals surface area contributed by atoms with Crippen LogP contribution in [0.2, 0.25) is 0 Å². The Labute approximate surface area is 256 Å². The Morgan fingerprint density at radius 2 is 1.19 bits per heavy atom. The van der Waals surface area contributed by atoms with Crippen molar-refractivity contribution >= 4 is 78.0 Å². The van der Waals surface area contributed by atoms with Crippen molar-refractivity contribution < 1.29 is 0 Å². The van der Waals surface area contributed by atoms with Crippen LogP contribution in [0, 0.1) is 6.92 Å². The van der Waals surface area contributed by atoms with Crippen LogP contribution in [0.25, 0.3) is 21.2 Å². The number of rotatable bonds is 3. The van der Waals surface area contributed by atoms with Crippen molar-refractivity contribution in [3.63, 3.8) is 0 Å². The summed E-state index contributed by atoms with van der Waals surface area (Å²) in [6.07, 6.45) is 0. The van der Waals surface area contributed by atoms with E-state index in [2.05, 4.69) is 162 Å². The van der Waals surface area contributed by atoms with Crippen LogP contribution in [0.5, 0.6) is 0 Å². The standard InChI is InChI=1S/C39H27BN2S/c1-26-13-8-10-19-32(26)42-35-22-12-21-34-37(35)40(31-18-9-11-20-33(31)41(34)29-16-6-3-7-17-29)39-38(42)30-25-28(23-24-36(30)43-39)27-14-4-2-5-15-27/h2-25H,1H3. The molecular weight excluding hydrogens is 539 g/mol. The zero-order valence-electron chi connectivity index (χ0n) is 23.7. The van der Waals surface area contributed by atoms with Crippen LogP contribution < -0.4 is 25.5 Å². The molecule has 202 valence electrons. The fourth-order valence-corrected chi connectivity index (χ4v) is 8.40. The van der Waals surface area contributed by atoms with Crippen LogP contribution in [0.1, 0.15) is 5.56 Å². The zero-order chi connectivity index (χ0) is 28.5. The summed E-state index contributed by atoms with van der Waals surface area (Å²) in [5, 5.41) is 1.31. The fourth-order valence-electron chi connectivity index (χ4n) is 7.10. The number of aryl methyl sites for hydroxylation is 1. The van der Waals surface area contributed by atoms with E-state index in [1.807, 2.05) is 11.3 Å². The summed E-state index contributed by atoms with van der Waals surface area (Å²) in [6, 6.07) is 53.2. The minimum absolute atomic E-state index is 0.148. The molecule has 0 saturated carbocycles. The summed E-state index contributed by atoms with van der Waals surface area (Å²) in [5.41, 5.74) is 13.9. The van der Waals surface area contributed by atoms with Gasteiger partial charge in [0.05, 0.1) is 5.69 Å². The van der Waals surface area contributed by atoms with E-state index >= 15 is 0 Å². The van der Waals surface area contributed by atoms with Crippen LogP contribution in [-0.4, -0.2) is 6.71 Å². The van der Waals surface area contributed by atoms with Gasteiger partial charge in [-0.05, 0) is 83.1 Å². The van der Waals surface area contributed by atoms with Crippen molar-refractivity contribution in [2.75, 3.05) is 9.80 Å². The van der Waals surface area contributed by atoms with Gasteiger partial charge in [-0.3, -0.25) is 0 Å². The molecule has 0 unspecified atom stereocenters. The molecule has 9 rings (SSSR count). The number of nitrogens with zero attached hydrogens (tertiary/aromatic N) is 2. The normalized spacial score (nSPS) is 13.1. The fraction of sp³-hybridized carbons (Fsp3) is 0.0256. The molecule has 0 saturated heterocycles. The number of hydrogen-bond donors (Lipinski definition) is 0. The molecule has 1 aromatic heterocycles. The summed E-state index contributed by atoms with van der Waals surface area (Å²) in [4.78, 5) is 5.00. The summed E-state index contributed by atoms with van der Waals surface area (Å²) < 4.78 is 2.73. The lowest BCUT2D eigenvalue weighted by atomic mass is 9.36. The lowest BCUT2D eigenvalue weighted by Crippen LogP contribution is -2.60. The van der Waals surface area contributed by atoms with E-state index in [-0.39, 0.29) is 6.71 Å². The second-order valence-electron chi connectivity index (χ2n) is 11.4. The molecule has 0 fully saturated rings. The lowest BCUT2D eigenvalue weighted by Gasteiger charge is -2.43. The van der Waals surface area contributed by atoms with Crippen molar-refractivity contribution in [3.05, 3.63) is 151 Å². The van der Waals surface area contributed by atoms with Crippen molar-refractivity contribution in [1.82, 2.24) is 0 Å². The minimum atomic E-state index is 0.148. The average Bonchev–Trinajstić information content (AvgIpc) is 3.44. The second-order valence-corrected chi connectivity index (χ2v) is 12.5. The molecule has 2 aliphatic heterocycles. The van der Waals surface area contributed by atoms with Gasteiger partial charge in [-0.1, -0.05) is 97.1 Å². The summed E-state index contributed by atoms with van der Waals surface area (Å²) >= 11 is 1.95. The van der Waals surface area contributed by atoms with Crippen molar-refractivity contribution in [1.29, 1.82) is 0 Å². The molecule has 0 radical (unpaired) electrons. The monoisotopic (exact) mass is 566 g/mol. The van der Waals surface area contributed by atoms with Gasteiger partial charge in [0.15, 0.2) is 0 Å². The third-order valence-corrected chi connectivity index (χ3v) is 10.2. The van der Waals surface area contributed by atoms with Gasteiger partial charge >= 0.3 is 0 Å². The van der Waals surface area contributed by atoms with Crippen LogP contribution in [0.4, 0.5) is 34.1 Å². The molecule has 3 heterocycles. The van der Waals surface area contributed by atoms with Crippen molar-refractivity contribution in [2.24, 2.45) is 0 Å². The quantitative estimate of drug-likeness (QED) is 0.197. The Hall–Kier alpha value is -5.06. The Morgan fingerprint density at radius 3 is 1.98 bits per heavy atom. The van der Waals surface area contributed by atoms with Crippen LogP contribution in [0.15, 0.2) is 146 Å². The molecule has 2 nitrogen and oxygen atoms in total. The third kappa shape index (κ3) is 3.60. The van der Waals surface area contributed by atoms with Gasteiger partial charge in [-0.25, -0.2) is 0 Å². The molecule has 0 aliphatic carbocycles. The second kappa shape index (κ2) is 9.48. The predicted molar refractivity (Wildman–Crippen MR) is 186 cm³/mol. The number of benzene rings is 6. The highest BCUT2D eigenvalue weighted by Gasteiger charge is 2.45. The highest BCUT2D eigenvalue weighted by atomic mass is 32.1. The summed E-state index contributed by atoms with van der Waals surface area (Å²) in [6.45, 7) is 2.38. The molecule has 0 atom stereocenters. The highest BCUT2D eigenvalue weighted by molar-refractivity contribution is 7.33. The van der Waals surface area contributed by atoms with Gasteiger partial charge in [0.2, 0.25) is 0 Å². The van der Waals surface area contributed by atoms with Gasteiger partial charge < -0.3 is 9.80 Å². The largest absolute Gasteiger partial charge is 0.311 e. The van der Waals surface area contributed by atoms with E-state index in [9.17, 15) is 0 Å². The summed E-state index contributed by atoms with van der Waals surface area (Å²) in [5.74, 6) is 0. The highest BCUT2D eigenvalue weighted by Crippen LogP contribution is 2.48. The summed E-state index contributed by atoms with van der Waals surface area (Å²) in [7, 11) is 0. The van der Waals surface area contributed by atoms with E-state index in [4.69, 9.17) is 0 Å². The number of para-hydroxylation sites is 3. The van der Waals surface area contributed by atoms with Gasteiger partial charge in [-0.2, -0.15) is 0 Å². The van der Waals surface area contributed by atoms with E-state index in [1.165, 1.54) is 76.6 Å². The third-order valence-electron chi connectivity index (χ3n) is 8.97. The van der Waals surface area contributed by atoms with Crippen molar-refractivity contribution in [2.45, 2.75) is 6.92 Å². The smallest absolute Gasteiger partial charge is 0.264 e. The maximum absolute atomic E-state index is 2.55. The number of fused-ring (bicyclic) bond motifs is 6. The van der Waals surface area contributed by atoms with E-state index in [0.717, 1.165) is 0 Å². The predicted octanol–water partition coefficient (Wildman–Crippen LogP) is 8.96. The first-order chi connectivity index (χ1) is 21.3. The Balaban J connectivity index is 1.39. The van der Waals surface area contributed by atoms with Crippen LogP contribution in [0.3, 0.4) is 0 Å². The maximum Gasteiger partial charge on any atom is 0.264 e. The molecule has 7 aromatic rings. The van der Waals surface area contributed by atoms with Crippen LogP contribution in [-0.2, 0) is 0 Å². The molecule has 0 amide bonds. The van der Waals surface area contributed by atoms with Crippen LogP contribution >= 0.6 is 11.3 Å². The number of anilines is 6. The number of hydrogen-bond acceptors (Lipinski definition) is 3. The molecular formula is C39H27BN2S. The average molecular weight is 567 g/mol. The lowest BCUT2D eigenvalue weighted by molar-refractivity contribution is 1.25. The zero-order valence-corrected chi connectivity index (χ0v) is 24.6. The molecule has 0 N–H and O–H groups in total. The van der Waals surface area contributed by atoms with E-state index in [1.54, 1.807) is 0 Å². The van der Waals surface area contributed by atoms with Gasteiger partial charge in [0, 0.05) is 43.3 Å². The molecule has 4 heteroatoms. The maximum atomic E-state index is 2.55. The van der Waals surface area contributed by atoms with Gasteiger partial charge in [0.1, 0.15) is 0 Å². The number of thiophene rings is 1. The van der Waals surface area contributed by atoms with Gasteiger partial charge in [-0.15, -0.1) is 11.3 Å². The van der Waals surface area contributed by atoms with Crippen molar-refractivity contribution in [3.8, 4) is 11.1 Å².